The normalized spacial score (nSPS) is 10.6. The van der Waals surface area contributed by atoms with Crippen LogP contribution in [0.1, 0.15) is 46.4 Å². The zero-order chi connectivity index (χ0) is 18.5. The van der Waals surface area contributed by atoms with E-state index < -0.39 is 0 Å². The predicted molar refractivity (Wildman–Crippen MR) is 115 cm³/mol. The Kier molecular flexibility index (Phi) is 10.2. The summed E-state index contributed by atoms with van der Waals surface area (Å²) in [4.78, 5) is 23.9. The van der Waals surface area contributed by atoms with Gasteiger partial charge in [0, 0.05) is 11.1 Å². The van der Waals surface area contributed by atoms with Gasteiger partial charge in [0.25, 0.3) is 0 Å². The molecule has 138 valence electrons. The highest BCUT2D eigenvalue weighted by Crippen LogP contribution is 2.13. The van der Waals surface area contributed by atoms with Crippen molar-refractivity contribution in [1.29, 1.82) is 0 Å². The van der Waals surface area contributed by atoms with Gasteiger partial charge in [-0.15, -0.1) is 0 Å². The molecule has 26 heavy (non-hydrogen) atoms. The van der Waals surface area contributed by atoms with Crippen molar-refractivity contribution in [2.45, 2.75) is 25.7 Å². The molecule has 0 aliphatic carbocycles. The first-order valence-electron chi connectivity index (χ1n) is 9.09. The highest BCUT2D eigenvalue weighted by Gasteiger charge is 2.05. The van der Waals surface area contributed by atoms with Gasteiger partial charge in [-0.1, -0.05) is 73.5 Å². The Hall–Kier alpha value is -1.52. The quantitative estimate of drug-likeness (QED) is 0.323. The molecule has 0 saturated heterocycles. The van der Waals surface area contributed by atoms with E-state index in [4.69, 9.17) is 0 Å². The number of Topliss-reactive ketones (excluding diaryl/α,β-unsaturated/α-hetero) is 2. The molecule has 2 aromatic rings. The Morgan fingerprint density at radius 2 is 0.962 bits per heavy atom. The van der Waals surface area contributed by atoms with Gasteiger partial charge in [-0.05, 0) is 24.3 Å². The molecule has 0 radical (unpaired) electrons. The van der Waals surface area contributed by atoms with Crippen LogP contribution >= 0.6 is 23.5 Å². The Morgan fingerprint density at radius 1 is 0.577 bits per heavy atom. The van der Waals surface area contributed by atoms with E-state index in [2.05, 4.69) is 0 Å². The second kappa shape index (κ2) is 12.8. The van der Waals surface area contributed by atoms with Gasteiger partial charge in [0.2, 0.25) is 0 Å². The maximum atomic E-state index is 12.0. The first kappa shape index (κ1) is 20.8. The van der Waals surface area contributed by atoms with Crippen LogP contribution in [0.15, 0.2) is 60.7 Å². The number of ketones is 2. The summed E-state index contributed by atoms with van der Waals surface area (Å²) < 4.78 is 0. The Balaban J connectivity index is 1.41. The number of carbonyl (C=O) groups is 2. The molecular weight excluding hydrogens is 360 g/mol. The van der Waals surface area contributed by atoms with Crippen molar-refractivity contribution < 1.29 is 9.59 Å². The van der Waals surface area contributed by atoms with Crippen LogP contribution in [0.4, 0.5) is 0 Å². The molecule has 0 amide bonds. The maximum absolute atomic E-state index is 12.0. The molecule has 2 nitrogen and oxygen atoms in total. The lowest BCUT2D eigenvalue weighted by atomic mass is 10.2. The van der Waals surface area contributed by atoms with Gasteiger partial charge >= 0.3 is 0 Å². The van der Waals surface area contributed by atoms with E-state index in [1.165, 1.54) is 12.8 Å². The van der Waals surface area contributed by atoms with E-state index in [-0.39, 0.29) is 11.6 Å². The number of unbranched alkanes of at least 4 members (excludes halogenated alkanes) is 3. The van der Waals surface area contributed by atoms with Crippen molar-refractivity contribution in [1.82, 2.24) is 0 Å². The summed E-state index contributed by atoms with van der Waals surface area (Å²) in [6.45, 7) is 0. The summed E-state index contributed by atoms with van der Waals surface area (Å²) in [5, 5.41) is 0. The predicted octanol–water partition coefficient (Wildman–Crippen LogP) is 5.78. The molecule has 2 aromatic carbocycles. The number of rotatable bonds is 13. The third-order valence-electron chi connectivity index (χ3n) is 3.99. The van der Waals surface area contributed by atoms with Gasteiger partial charge < -0.3 is 0 Å². The van der Waals surface area contributed by atoms with E-state index in [1.807, 2.05) is 60.7 Å². The molecule has 0 unspecified atom stereocenters. The SMILES string of the molecule is O=C(CSCCCCCCSCC(=O)c1ccccc1)c1ccccc1. The van der Waals surface area contributed by atoms with Crippen molar-refractivity contribution >= 4 is 35.1 Å². The fourth-order valence-corrected chi connectivity index (χ4v) is 4.32. The third kappa shape index (κ3) is 8.24. The summed E-state index contributed by atoms with van der Waals surface area (Å²) in [6, 6.07) is 19.0. The van der Waals surface area contributed by atoms with Crippen LogP contribution in [-0.4, -0.2) is 34.6 Å². The largest absolute Gasteiger partial charge is 0.293 e. The first-order valence-corrected chi connectivity index (χ1v) is 11.4. The van der Waals surface area contributed by atoms with Crippen molar-refractivity contribution in [2.24, 2.45) is 0 Å². The van der Waals surface area contributed by atoms with Gasteiger partial charge in [0.05, 0.1) is 11.5 Å². The molecule has 2 rings (SSSR count). The zero-order valence-electron chi connectivity index (χ0n) is 15.1. The van der Waals surface area contributed by atoms with Gasteiger partial charge in [-0.3, -0.25) is 9.59 Å². The second-order valence-corrected chi connectivity index (χ2v) is 8.31. The molecule has 0 N–H and O–H groups in total. The van der Waals surface area contributed by atoms with E-state index in [0.29, 0.717) is 11.5 Å². The van der Waals surface area contributed by atoms with Crippen LogP contribution in [-0.2, 0) is 0 Å². The highest BCUT2D eigenvalue weighted by atomic mass is 32.2. The summed E-state index contributed by atoms with van der Waals surface area (Å²) in [5.41, 5.74) is 1.61. The lowest BCUT2D eigenvalue weighted by molar-refractivity contribution is 0.101. The number of benzene rings is 2. The third-order valence-corrected chi connectivity index (χ3v) is 6.07. The van der Waals surface area contributed by atoms with Gasteiger partial charge in [-0.25, -0.2) is 0 Å². The van der Waals surface area contributed by atoms with Crippen LogP contribution in [0.2, 0.25) is 0 Å². The molecule has 4 heteroatoms. The lowest BCUT2D eigenvalue weighted by Gasteiger charge is -2.03. The van der Waals surface area contributed by atoms with Gasteiger partial charge in [-0.2, -0.15) is 23.5 Å². The average Bonchev–Trinajstić information content (AvgIpc) is 2.70. The molecule has 0 fully saturated rings. The Bertz CT molecular complexity index is 597. The van der Waals surface area contributed by atoms with Gasteiger partial charge in [0.1, 0.15) is 0 Å². The highest BCUT2D eigenvalue weighted by molar-refractivity contribution is 8.00. The minimum absolute atomic E-state index is 0.218. The molecular formula is C22H26O2S2. The summed E-state index contributed by atoms with van der Waals surface area (Å²) >= 11 is 3.45. The molecule has 0 atom stereocenters. The number of thioether (sulfide) groups is 2. The molecule has 0 aliphatic rings. The van der Waals surface area contributed by atoms with Crippen molar-refractivity contribution in [2.75, 3.05) is 23.0 Å². The van der Waals surface area contributed by atoms with Crippen LogP contribution in [0, 0.1) is 0 Å². The topological polar surface area (TPSA) is 34.1 Å². The number of carbonyl (C=O) groups excluding carboxylic acids is 2. The van der Waals surface area contributed by atoms with Crippen molar-refractivity contribution in [3.05, 3.63) is 71.8 Å². The van der Waals surface area contributed by atoms with Crippen molar-refractivity contribution in [3.8, 4) is 0 Å². The number of hydrogen-bond acceptors (Lipinski definition) is 4. The van der Waals surface area contributed by atoms with E-state index >= 15 is 0 Å². The molecule has 0 heterocycles. The molecule has 0 aliphatic heterocycles. The van der Waals surface area contributed by atoms with Crippen LogP contribution in [0.25, 0.3) is 0 Å². The molecule has 0 aromatic heterocycles. The zero-order valence-corrected chi connectivity index (χ0v) is 16.7. The van der Waals surface area contributed by atoms with Crippen molar-refractivity contribution in [3.63, 3.8) is 0 Å². The lowest BCUT2D eigenvalue weighted by Crippen LogP contribution is -2.03. The van der Waals surface area contributed by atoms with Crippen LogP contribution in [0.3, 0.4) is 0 Å². The van der Waals surface area contributed by atoms with Gasteiger partial charge in [0.15, 0.2) is 11.6 Å². The van der Waals surface area contributed by atoms with Crippen LogP contribution < -0.4 is 0 Å². The monoisotopic (exact) mass is 386 g/mol. The fourth-order valence-electron chi connectivity index (χ4n) is 2.51. The first-order chi connectivity index (χ1) is 12.8. The average molecular weight is 387 g/mol. The Morgan fingerprint density at radius 3 is 1.35 bits per heavy atom. The molecule has 0 saturated carbocycles. The second-order valence-electron chi connectivity index (χ2n) is 6.10. The summed E-state index contributed by atoms with van der Waals surface area (Å²) in [6.07, 6.45) is 4.69. The molecule has 0 spiro atoms. The minimum atomic E-state index is 0.218. The minimum Gasteiger partial charge on any atom is -0.293 e. The molecule has 0 bridgehead atoms. The number of hydrogen-bond donors (Lipinski definition) is 0. The fraction of sp³-hybridized carbons (Fsp3) is 0.364. The van der Waals surface area contributed by atoms with Crippen LogP contribution in [0.5, 0.6) is 0 Å². The smallest absolute Gasteiger partial charge is 0.172 e. The Labute approximate surface area is 165 Å². The van der Waals surface area contributed by atoms with E-state index in [0.717, 1.165) is 35.5 Å². The van der Waals surface area contributed by atoms with E-state index in [9.17, 15) is 9.59 Å². The standard InChI is InChI=1S/C22H26O2S2/c23-21(19-11-5-3-6-12-19)17-25-15-9-1-2-10-16-26-18-22(24)20-13-7-4-8-14-20/h3-8,11-14H,1-2,9-10,15-18H2. The maximum Gasteiger partial charge on any atom is 0.172 e. The summed E-state index contributed by atoms with van der Waals surface area (Å²) in [7, 11) is 0. The summed E-state index contributed by atoms with van der Waals surface area (Å²) in [5.74, 6) is 3.66. The van der Waals surface area contributed by atoms with E-state index in [1.54, 1.807) is 23.5 Å².